The van der Waals surface area contributed by atoms with Gasteiger partial charge in [-0.15, -0.1) is 0 Å². The Labute approximate surface area is 115 Å². The maximum absolute atomic E-state index is 4.44. The van der Waals surface area contributed by atoms with E-state index in [0.29, 0.717) is 0 Å². The van der Waals surface area contributed by atoms with Crippen molar-refractivity contribution in [3.8, 4) is 0 Å². The molecule has 3 nitrogen and oxygen atoms in total. The number of rotatable bonds is 6. The Bertz CT molecular complexity index is 529. The highest BCUT2D eigenvalue weighted by molar-refractivity contribution is 5.23. The minimum atomic E-state index is 0.889. The van der Waals surface area contributed by atoms with Crippen molar-refractivity contribution in [2.45, 2.75) is 40.3 Å². The van der Waals surface area contributed by atoms with Gasteiger partial charge in [0.15, 0.2) is 0 Å². The standard InChI is InChI=1S/C16H23N3/c1-4-8-17-10-16-11-18-14(3)19(16)12-15-7-5-6-13(2)9-15/h5-7,9,11,17H,4,8,10,12H2,1-3H3. The summed E-state index contributed by atoms with van der Waals surface area (Å²) in [6.07, 6.45) is 3.14. The normalized spacial score (nSPS) is 10.9. The number of imidazole rings is 1. The lowest BCUT2D eigenvalue weighted by atomic mass is 10.1. The molecular weight excluding hydrogens is 234 g/mol. The van der Waals surface area contributed by atoms with Crippen LogP contribution in [0.15, 0.2) is 30.5 Å². The fourth-order valence-corrected chi connectivity index (χ4v) is 2.26. The summed E-state index contributed by atoms with van der Waals surface area (Å²) in [6.45, 7) is 9.22. The first-order valence-electron chi connectivity index (χ1n) is 6.98. The van der Waals surface area contributed by atoms with Gasteiger partial charge in [0, 0.05) is 19.3 Å². The van der Waals surface area contributed by atoms with E-state index in [1.54, 1.807) is 0 Å². The number of aromatic nitrogens is 2. The van der Waals surface area contributed by atoms with Crippen molar-refractivity contribution in [1.82, 2.24) is 14.9 Å². The molecule has 2 rings (SSSR count). The lowest BCUT2D eigenvalue weighted by molar-refractivity contribution is 0.623. The van der Waals surface area contributed by atoms with Crippen LogP contribution in [0.25, 0.3) is 0 Å². The topological polar surface area (TPSA) is 29.9 Å². The van der Waals surface area contributed by atoms with Crippen molar-refractivity contribution < 1.29 is 0 Å². The van der Waals surface area contributed by atoms with Crippen molar-refractivity contribution in [3.63, 3.8) is 0 Å². The summed E-state index contributed by atoms with van der Waals surface area (Å²) in [6, 6.07) is 8.66. The fraction of sp³-hybridized carbons (Fsp3) is 0.438. The third kappa shape index (κ3) is 3.67. The van der Waals surface area contributed by atoms with E-state index in [0.717, 1.165) is 31.9 Å². The van der Waals surface area contributed by atoms with Crippen LogP contribution in [0.1, 0.15) is 36.0 Å². The van der Waals surface area contributed by atoms with Gasteiger partial charge in [0.2, 0.25) is 0 Å². The van der Waals surface area contributed by atoms with Gasteiger partial charge < -0.3 is 9.88 Å². The Hall–Kier alpha value is -1.61. The van der Waals surface area contributed by atoms with E-state index in [1.165, 1.54) is 16.8 Å². The van der Waals surface area contributed by atoms with Crippen LogP contribution in [0.3, 0.4) is 0 Å². The van der Waals surface area contributed by atoms with E-state index in [2.05, 4.69) is 59.9 Å². The Morgan fingerprint density at radius 3 is 2.84 bits per heavy atom. The molecule has 1 aromatic heterocycles. The van der Waals surface area contributed by atoms with Gasteiger partial charge in [-0.3, -0.25) is 0 Å². The minimum absolute atomic E-state index is 0.889. The van der Waals surface area contributed by atoms with E-state index in [-0.39, 0.29) is 0 Å². The molecular formula is C16H23N3. The van der Waals surface area contributed by atoms with Crippen LogP contribution in [0, 0.1) is 13.8 Å². The van der Waals surface area contributed by atoms with Crippen LogP contribution in [-0.2, 0) is 13.1 Å². The molecule has 102 valence electrons. The molecule has 0 amide bonds. The molecule has 0 radical (unpaired) electrons. The summed E-state index contributed by atoms with van der Waals surface area (Å²) in [5.74, 6) is 1.08. The summed E-state index contributed by atoms with van der Waals surface area (Å²) in [5, 5.41) is 3.44. The minimum Gasteiger partial charge on any atom is -0.327 e. The molecule has 1 aromatic carbocycles. The summed E-state index contributed by atoms with van der Waals surface area (Å²) >= 11 is 0. The SMILES string of the molecule is CCCNCc1cnc(C)n1Cc1cccc(C)c1. The summed E-state index contributed by atoms with van der Waals surface area (Å²) in [7, 11) is 0. The summed E-state index contributed by atoms with van der Waals surface area (Å²) in [4.78, 5) is 4.44. The zero-order chi connectivity index (χ0) is 13.7. The highest BCUT2D eigenvalue weighted by Crippen LogP contribution is 2.11. The van der Waals surface area contributed by atoms with Crippen LogP contribution < -0.4 is 5.32 Å². The van der Waals surface area contributed by atoms with E-state index in [1.807, 2.05) is 6.20 Å². The zero-order valence-electron chi connectivity index (χ0n) is 12.1. The van der Waals surface area contributed by atoms with Gasteiger partial charge in [0.25, 0.3) is 0 Å². The van der Waals surface area contributed by atoms with Gasteiger partial charge in [0.1, 0.15) is 5.82 Å². The molecule has 0 saturated heterocycles. The third-order valence-corrected chi connectivity index (χ3v) is 3.29. The van der Waals surface area contributed by atoms with Gasteiger partial charge in [-0.05, 0) is 32.4 Å². The van der Waals surface area contributed by atoms with Gasteiger partial charge >= 0.3 is 0 Å². The van der Waals surface area contributed by atoms with Crippen LogP contribution in [0.5, 0.6) is 0 Å². The second-order valence-corrected chi connectivity index (χ2v) is 5.05. The monoisotopic (exact) mass is 257 g/mol. The molecule has 0 atom stereocenters. The number of nitrogens with one attached hydrogen (secondary N) is 1. The summed E-state index contributed by atoms with van der Waals surface area (Å²) in [5.41, 5.74) is 3.89. The zero-order valence-corrected chi connectivity index (χ0v) is 12.1. The van der Waals surface area contributed by atoms with Crippen molar-refractivity contribution in [2.24, 2.45) is 0 Å². The van der Waals surface area contributed by atoms with E-state index in [4.69, 9.17) is 0 Å². The molecule has 19 heavy (non-hydrogen) atoms. The third-order valence-electron chi connectivity index (χ3n) is 3.29. The molecule has 0 saturated carbocycles. The van der Waals surface area contributed by atoms with Crippen LogP contribution in [0.4, 0.5) is 0 Å². The molecule has 0 bridgehead atoms. The Morgan fingerprint density at radius 1 is 1.26 bits per heavy atom. The maximum Gasteiger partial charge on any atom is 0.106 e. The largest absolute Gasteiger partial charge is 0.327 e. The highest BCUT2D eigenvalue weighted by Gasteiger charge is 2.06. The first-order chi connectivity index (χ1) is 9.20. The van der Waals surface area contributed by atoms with Crippen LogP contribution in [0.2, 0.25) is 0 Å². The van der Waals surface area contributed by atoms with Crippen LogP contribution >= 0.6 is 0 Å². The Kier molecular flexibility index (Phi) is 4.74. The molecule has 2 aromatic rings. The average molecular weight is 257 g/mol. The molecule has 0 unspecified atom stereocenters. The van der Waals surface area contributed by atoms with Gasteiger partial charge in [-0.25, -0.2) is 4.98 Å². The van der Waals surface area contributed by atoms with Crippen LogP contribution in [-0.4, -0.2) is 16.1 Å². The molecule has 0 aliphatic heterocycles. The van der Waals surface area contributed by atoms with E-state index >= 15 is 0 Å². The quantitative estimate of drug-likeness (QED) is 0.806. The molecule has 1 heterocycles. The number of hydrogen-bond donors (Lipinski definition) is 1. The second-order valence-electron chi connectivity index (χ2n) is 5.05. The Balaban J connectivity index is 2.12. The first kappa shape index (κ1) is 13.8. The number of hydrogen-bond acceptors (Lipinski definition) is 2. The second kappa shape index (κ2) is 6.53. The van der Waals surface area contributed by atoms with Gasteiger partial charge in [-0.2, -0.15) is 0 Å². The molecule has 0 aliphatic carbocycles. The smallest absolute Gasteiger partial charge is 0.106 e. The number of benzene rings is 1. The average Bonchev–Trinajstić information content (AvgIpc) is 2.72. The molecule has 3 heteroatoms. The molecule has 0 aliphatic rings. The first-order valence-corrected chi connectivity index (χ1v) is 6.98. The predicted molar refractivity (Wildman–Crippen MR) is 79.2 cm³/mol. The van der Waals surface area contributed by atoms with Gasteiger partial charge in [-0.1, -0.05) is 36.8 Å². The fourth-order valence-electron chi connectivity index (χ4n) is 2.26. The molecule has 0 fully saturated rings. The van der Waals surface area contributed by atoms with Crippen molar-refractivity contribution in [3.05, 3.63) is 53.1 Å². The molecule has 1 N–H and O–H groups in total. The Morgan fingerprint density at radius 2 is 2.11 bits per heavy atom. The van der Waals surface area contributed by atoms with Crippen molar-refractivity contribution >= 4 is 0 Å². The van der Waals surface area contributed by atoms with Crippen molar-refractivity contribution in [1.29, 1.82) is 0 Å². The summed E-state index contributed by atoms with van der Waals surface area (Å²) < 4.78 is 2.29. The van der Waals surface area contributed by atoms with Crippen molar-refractivity contribution in [2.75, 3.05) is 6.54 Å². The highest BCUT2D eigenvalue weighted by atomic mass is 15.1. The van der Waals surface area contributed by atoms with Gasteiger partial charge in [0.05, 0.1) is 5.69 Å². The number of aryl methyl sites for hydroxylation is 2. The molecule has 0 spiro atoms. The lowest BCUT2D eigenvalue weighted by Crippen LogP contribution is -2.17. The predicted octanol–water partition coefficient (Wildman–Crippen LogP) is 3.05. The van der Waals surface area contributed by atoms with E-state index < -0.39 is 0 Å². The maximum atomic E-state index is 4.44. The lowest BCUT2D eigenvalue weighted by Gasteiger charge is -2.11. The number of nitrogens with zero attached hydrogens (tertiary/aromatic N) is 2. The van der Waals surface area contributed by atoms with E-state index in [9.17, 15) is 0 Å².